The fourth-order valence-electron chi connectivity index (χ4n) is 3.29. The third-order valence-electron chi connectivity index (χ3n) is 4.69. The van der Waals surface area contributed by atoms with E-state index in [1.165, 1.54) is 32.1 Å². The summed E-state index contributed by atoms with van der Waals surface area (Å²) >= 11 is 0. The summed E-state index contributed by atoms with van der Waals surface area (Å²) in [5.41, 5.74) is 1.06. The zero-order chi connectivity index (χ0) is 18.1. The molecule has 1 aromatic rings. The first-order valence-corrected chi connectivity index (χ1v) is 9.33. The molecule has 1 aromatic carbocycles. The fourth-order valence-corrected chi connectivity index (χ4v) is 3.29. The lowest BCUT2D eigenvalue weighted by Gasteiger charge is -2.22. The van der Waals surface area contributed by atoms with Crippen LogP contribution in [0, 0.1) is 0 Å². The number of ether oxygens (including phenoxy) is 3. The minimum atomic E-state index is 0.748. The monoisotopic (exact) mass is 349 g/mol. The highest BCUT2D eigenvalue weighted by Crippen LogP contribution is 2.34. The topological polar surface area (TPSA) is 33.9 Å². The van der Waals surface area contributed by atoms with Crippen LogP contribution in [-0.4, -0.2) is 56.8 Å². The SMILES string of the molecule is CCCCCCN1C=[N+](Cc2c(OC)cc(OC)cc2OC)CCC1. The fraction of sp³-hybridized carbons (Fsp3) is 0.650. The summed E-state index contributed by atoms with van der Waals surface area (Å²) in [5.74, 6) is 2.37. The molecule has 0 N–H and O–H groups in total. The van der Waals surface area contributed by atoms with Crippen LogP contribution >= 0.6 is 0 Å². The van der Waals surface area contributed by atoms with Crippen molar-refractivity contribution in [1.29, 1.82) is 0 Å². The third kappa shape index (κ3) is 5.55. The molecular weight excluding hydrogens is 316 g/mol. The lowest BCUT2D eigenvalue weighted by atomic mass is 10.1. The maximum Gasteiger partial charge on any atom is 0.234 e. The zero-order valence-corrected chi connectivity index (χ0v) is 16.2. The number of unbranched alkanes of at least 4 members (excludes halogenated alkanes) is 3. The Balaban J connectivity index is 2.10. The number of benzene rings is 1. The summed E-state index contributed by atoms with van der Waals surface area (Å²) in [6, 6.07) is 3.84. The Kier molecular flexibility index (Phi) is 7.89. The molecule has 0 atom stereocenters. The Morgan fingerprint density at radius 2 is 1.72 bits per heavy atom. The van der Waals surface area contributed by atoms with Gasteiger partial charge in [-0.05, 0) is 12.8 Å². The Labute approximate surface area is 152 Å². The van der Waals surface area contributed by atoms with Crippen LogP contribution in [0.3, 0.4) is 0 Å². The normalized spacial score (nSPS) is 14.2. The van der Waals surface area contributed by atoms with Gasteiger partial charge in [-0.25, -0.2) is 0 Å². The van der Waals surface area contributed by atoms with Crippen LogP contribution in [-0.2, 0) is 6.54 Å². The largest absolute Gasteiger partial charge is 0.496 e. The highest BCUT2D eigenvalue weighted by Gasteiger charge is 2.20. The van der Waals surface area contributed by atoms with E-state index in [0.29, 0.717) is 0 Å². The van der Waals surface area contributed by atoms with Crippen molar-refractivity contribution < 1.29 is 18.8 Å². The van der Waals surface area contributed by atoms with E-state index >= 15 is 0 Å². The first-order valence-electron chi connectivity index (χ1n) is 9.33. The highest BCUT2D eigenvalue weighted by atomic mass is 16.5. The summed E-state index contributed by atoms with van der Waals surface area (Å²) < 4.78 is 18.8. The van der Waals surface area contributed by atoms with E-state index in [1.807, 2.05) is 12.1 Å². The molecule has 0 bridgehead atoms. The molecule has 0 spiro atoms. The van der Waals surface area contributed by atoms with E-state index in [-0.39, 0.29) is 0 Å². The lowest BCUT2D eigenvalue weighted by molar-refractivity contribution is -0.549. The van der Waals surface area contributed by atoms with Crippen molar-refractivity contribution in [2.24, 2.45) is 0 Å². The van der Waals surface area contributed by atoms with Gasteiger partial charge in [0.05, 0.1) is 46.5 Å². The summed E-state index contributed by atoms with van der Waals surface area (Å²) in [4.78, 5) is 2.45. The van der Waals surface area contributed by atoms with E-state index in [1.54, 1.807) is 21.3 Å². The number of hydrogen-bond acceptors (Lipinski definition) is 4. The minimum absolute atomic E-state index is 0.748. The number of methoxy groups -OCH3 is 3. The van der Waals surface area contributed by atoms with Crippen molar-refractivity contribution in [2.75, 3.05) is 41.0 Å². The number of rotatable bonds is 10. The van der Waals surface area contributed by atoms with Crippen molar-refractivity contribution in [3.8, 4) is 17.2 Å². The standard InChI is InChI=1S/C20H33N2O3/c1-5-6-7-8-10-21-11-9-12-22(16-21)15-18-19(24-3)13-17(23-2)14-20(18)25-4/h13-14,16H,5-12,15H2,1-4H3/q+1. The van der Waals surface area contributed by atoms with Gasteiger partial charge in [-0.15, -0.1) is 0 Å². The first kappa shape index (κ1) is 19.4. The van der Waals surface area contributed by atoms with Gasteiger partial charge < -0.3 is 14.2 Å². The average Bonchev–Trinajstić information content (AvgIpc) is 2.65. The van der Waals surface area contributed by atoms with Gasteiger partial charge >= 0.3 is 0 Å². The third-order valence-corrected chi connectivity index (χ3v) is 4.69. The van der Waals surface area contributed by atoms with Crippen molar-refractivity contribution in [2.45, 2.75) is 45.6 Å². The summed E-state index contributed by atoms with van der Waals surface area (Å²) in [5, 5.41) is 0. The van der Waals surface area contributed by atoms with Gasteiger partial charge in [0.2, 0.25) is 6.34 Å². The molecule has 0 fully saturated rings. The van der Waals surface area contributed by atoms with Crippen LogP contribution in [0.5, 0.6) is 17.2 Å². The summed E-state index contributed by atoms with van der Waals surface area (Å²) in [6.07, 6.45) is 8.67. The zero-order valence-electron chi connectivity index (χ0n) is 16.2. The molecule has 0 aromatic heterocycles. The molecule has 2 rings (SSSR count). The van der Waals surface area contributed by atoms with Gasteiger partial charge in [-0.2, -0.15) is 0 Å². The second-order valence-corrected chi connectivity index (χ2v) is 6.55. The van der Waals surface area contributed by atoms with Crippen LogP contribution in [0.15, 0.2) is 12.1 Å². The molecule has 1 aliphatic heterocycles. The molecule has 0 radical (unpaired) electrons. The van der Waals surface area contributed by atoms with Crippen LogP contribution in [0.4, 0.5) is 0 Å². The van der Waals surface area contributed by atoms with Crippen LogP contribution in [0.1, 0.15) is 44.6 Å². The first-order chi connectivity index (χ1) is 12.2. The number of nitrogens with zero attached hydrogens (tertiary/aromatic N) is 2. The molecule has 0 aliphatic carbocycles. The van der Waals surface area contributed by atoms with Crippen molar-refractivity contribution in [3.05, 3.63) is 17.7 Å². The second kappa shape index (κ2) is 10.2. The molecule has 1 aliphatic rings. The van der Waals surface area contributed by atoms with Crippen molar-refractivity contribution >= 4 is 6.34 Å². The maximum atomic E-state index is 5.58. The smallest absolute Gasteiger partial charge is 0.234 e. The predicted octanol–water partition coefficient (Wildman–Crippen LogP) is 3.54. The Morgan fingerprint density at radius 1 is 1.00 bits per heavy atom. The Hall–Kier alpha value is -1.91. The Bertz CT molecular complexity index is 547. The molecule has 5 heteroatoms. The molecule has 140 valence electrons. The molecule has 0 saturated heterocycles. The molecule has 0 unspecified atom stereocenters. The molecule has 25 heavy (non-hydrogen) atoms. The minimum Gasteiger partial charge on any atom is -0.496 e. The van der Waals surface area contributed by atoms with Crippen LogP contribution < -0.4 is 14.2 Å². The molecule has 0 amide bonds. The summed E-state index contributed by atoms with van der Waals surface area (Å²) in [6.45, 7) is 6.39. The van der Waals surface area contributed by atoms with Gasteiger partial charge in [0.1, 0.15) is 23.8 Å². The van der Waals surface area contributed by atoms with E-state index in [4.69, 9.17) is 14.2 Å². The van der Waals surface area contributed by atoms with Gasteiger partial charge in [0, 0.05) is 18.6 Å². The van der Waals surface area contributed by atoms with Gasteiger partial charge in [0.25, 0.3) is 0 Å². The van der Waals surface area contributed by atoms with Crippen molar-refractivity contribution in [3.63, 3.8) is 0 Å². The van der Waals surface area contributed by atoms with Gasteiger partial charge in [-0.1, -0.05) is 19.8 Å². The van der Waals surface area contributed by atoms with Gasteiger partial charge in [-0.3, -0.25) is 9.48 Å². The summed E-state index contributed by atoms with van der Waals surface area (Å²) in [7, 11) is 5.04. The number of hydrogen-bond donors (Lipinski definition) is 0. The van der Waals surface area contributed by atoms with E-state index in [9.17, 15) is 0 Å². The Morgan fingerprint density at radius 3 is 2.32 bits per heavy atom. The second-order valence-electron chi connectivity index (χ2n) is 6.55. The molecular formula is C20H33N2O3+. The van der Waals surface area contributed by atoms with E-state index in [0.717, 1.165) is 49.0 Å². The van der Waals surface area contributed by atoms with E-state index < -0.39 is 0 Å². The average molecular weight is 349 g/mol. The van der Waals surface area contributed by atoms with Crippen molar-refractivity contribution in [1.82, 2.24) is 4.90 Å². The molecule has 0 saturated carbocycles. The van der Waals surface area contributed by atoms with Crippen LogP contribution in [0.25, 0.3) is 0 Å². The predicted molar refractivity (Wildman–Crippen MR) is 101 cm³/mol. The van der Waals surface area contributed by atoms with Gasteiger partial charge in [0.15, 0.2) is 0 Å². The highest BCUT2D eigenvalue weighted by molar-refractivity contribution is 5.52. The van der Waals surface area contributed by atoms with E-state index in [2.05, 4.69) is 22.7 Å². The molecule has 1 heterocycles. The lowest BCUT2D eigenvalue weighted by Crippen LogP contribution is -2.36. The molecule has 5 nitrogen and oxygen atoms in total. The van der Waals surface area contributed by atoms with Crippen LogP contribution in [0.2, 0.25) is 0 Å². The maximum absolute atomic E-state index is 5.58. The quantitative estimate of drug-likeness (QED) is 0.478.